The summed E-state index contributed by atoms with van der Waals surface area (Å²) in [6, 6.07) is 10.1. The smallest absolute Gasteiger partial charge is 0.263 e. The third-order valence-corrected chi connectivity index (χ3v) is 5.26. The Bertz CT molecular complexity index is 1080. The Labute approximate surface area is 162 Å². The first-order valence-corrected chi connectivity index (χ1v) is 9.40. The molecule has 1 aliphatic rings. The second kappa shape index (κ2) is 6.78. The van der Waals surface area contributed by atoms with Gasteiger partial charge in [0.05, 0.1) is 5.52 Å². The number of hydrogen-bond donors (Lipinski definition) is 3. The molecule has 4 rings (SSSR count). The lowest BCUT2D eigenvalue weighted by atomic mass is 9.94. The second-order valence-corrected chi connectivity index (χ2v) is 7.61. The molecule has 4 nitrogen and oxygen atoms in total. The average molecular weight is 381 g/mol. The van der Waals surface area contributed by atoms with Crippen molar-refractivity contribution in [3.63, 3.8) is 0 Å². The molecular formula is C22H21ClN2O2. The molecule has 0 unspecified atom stereocenters. The maximum atomic E-state index is 12.1. The third-order valence-electron chi connectivity index (χ3n) is 4.97. The normalized spacial score (nSPS) is 14.6. The van der Waals surface area contributed by atoms with Crippen LogP contribution >= 0.6 is 11.6 Å². The molecule has 3 aromatic rings. The molecule has 1 aliphatic carbocycles. The van der Waals surface area contributed by atoms with Gasteiger partial charge >= 0.3 is 0 Å². The number of phenolic OH excluding ortho intramolecular Hbond substituents is 1. The zero-order valence-electron chi connectivity index (χ0n) is 15.3. The molecule has 0 saturated heterocycles. The van der Waals surface area contributed by atoms with Gasteiger partial charge in [0.25, 0.3) is 5.91 Å². The van der Waals surface area contributed by atoms with Crippen LogP contribution in [0.3, 0.4) is 0 Å². The van der Waals surface area contributed by atoms with Crippen LogP contribution < -0.4 is 5.32 Å². The summed E-state index contributed by atoms with van der Waals surface area (Å²) in [5.41, 5.74) is 5.71. The number of H-pyrrole nitrogens is 1. The molecule has 1 aromatic heterocycles. The Morgan fingerprint density at radius 1 is 1.22 bits per heavy atom. The van der Waals surface area contributed by atoms with Gasteiger partial charge in [-0.2, -0.15) is 0 Å². The Hall–Kier alpha value is -2.72. The Balaban J connectivity index is 1.69. The monoisotopic (exact) mass is 380 g/mol. The fourth-order valence-electron chi connectivity index (χ4n) is 3.30. The number of aromatic hydroxyl groups is 1. The summed E-state index contributed by atoms with van der Waals surface area (Å²) in [7, 11) is 0. The van der Waals surface area contributed by atoms with E-state index in [-0.39, 0.29) is 22.7 Å². The third kappa shape index (κ3) is 3.58. The van der Waals surface area contributed by atoms with Gasteiger partial charge in [-0.25, -0.2) is 0 Å². The van der Waals surface area contributed by atoms with E-state index in [0.717, 1.165) is 51.6 Å². The van der Waals surface area contributed by atoms with Crippen molar-refractivity contribution in [3.05, 3.63) is 58.3 Å². The molecule has 0 bridgehead atoms. The van der Waals surface area contributed by atoms with Crippen LogP contribution in [0.1, 0.15) is 29.5 Å². The fourth-order valence-corrected chi connectivity index (χ4v) is 3.47. The number of benzene rings is 2. The Kier molecular flexibility index (Phi) is 4.44. The molecule has 1 heterocycles. The highest BCUT2D eigenvalue weighted by Crippen LogP contribution is 2.34. The Morgan fingerprint density at radius 3 is 2.74 bits per heavy atom. The van der Waals surface area contributed by atoms with Crippen molar-refractivity contribution in [2.24, 2.45) is 0 Å². The summed E-state index contributed by atoms with van der Waals surface area (Å²) in [5.74, 6) is 0.0106. The fraction of sp³-hybridized carbons (Fsp3) is 0.227. The number of nitrogens with one attached hydrogen (secondary N) is 2. The summed E-state index contributed by atoms with van der Waals surface area (Å²) in [6.45, 7) is 4.01. The van der Waals surface area contributed by atoms with E-state index in [1.807, 2.05) is 32.2 Å². The molecule has 0 atom stereocenters. The summed E-state index contributed by atoms with van der Waals surface area (Å²) in [4.78, 5) is 15.1. The van der Waals surface area contributed by atoms with Crippen LogP contribution in [0.5, 0.6) is 5.75 Å². The molecule has 0 aliphatic heterocycles. The largest absolute Gasteiger partial charge is 0.506 e. The van der Waals surface area contributed by atoms with E-state index in [4.69, 9.17) is 11.6 Å². The van der Waals surface area contributed by atoms with Crippen molar-refractivity contribution in [1.82, 2.24) is 10.3 Å². The summed E-state index contributed by atoms with van der Waals surface area (Å²) in [6.07, 6.45) is 5.59. The van der Waals surface area contributed by atoms with Crippen LogP contribution in [-0.2, 0) is 4.79 Å². The molecule has 3 N–H and O–H groups in total. The lowest BCUT2D eigenvalue weighted by Gasteiger charge is -2.12. The van der Waals surface area contributed by atoms with Gasteiger partial charge < -0.3 is 15.4 Å². The van der Waals surface area contributed by atoms with Crippen LogP contribution in [0.4, 0.5) is 0 Å². The Morgan fingerprint density at radius 2 is 2.00 bits per heavy atom. The summed E-state index contributed by atoms with van der Waals surface area (Å²) < 4.78 is 0. The number of aryl methyl sites for hydroxylation is 2. The predicted octanol–water partition coefficient (Wildman–Crippen LogP) is 5.02. The first-order valence-electron chi connectivity index (χ1n) is 9.02. The number of hydrogen-bond acceptors (Lipinski definition) is 2. The molecule has 2 aromatic carbocycles. The van der Waals surface area contributed by atoms with Gasteiger partial charge in [0.15, 0.2) is 0 Å². The highest BCUT2D eigenvalue weighted by Gasteiger charge is 2.24. The minimum absolute atomic E-state index is 0.198. The van der Waals surface area contributed by atoms with Crippen molar-refractivity contribution < 1.29 is 9.90 Å². The average Bonchev–Trinajstić information content (AvgIpc) is 3.30. The molecule has 1 fully saturated rings. The van der Waals surface area contributed by atoms with Crippen LogP contribution in [-0.4, -0.2) is 22.0 Å². The van der Waals surface area contributed by atoms with E-state index in [1.165, 1.54) is 0 Å². The zero-order chi connectivity index (χ0) is 19.1. The van der Waals surface area contributed by atoms with Crippen molar-refractivity contribution in [2.45, 2.75) is 32.7 Å². The van der Waals surface area contributed by atoms with Crippen LogP contribution in [0.15, 0.2) is 41.6 Å². The van der Waals surface area contributed by atoms with E-state index in [0.29, 0.717) is 0 Å². The number of fused-ring (bicyclic) bond motifs is 1. The van der Waals surface area contributed by atoms with E-state index in [2.05, 4.69) is 22.4 Å². The molecule has 1 amide bonds. The zero-order valence-corrected chi connectivity index (χ0v) is 16.0. The quantitative estimate of drug-likeness (QED) is 0.556. The number of aromatic amines is 1. The molecule has 0 spiro atoms. The van der Waals surface area contributed by atoms with Crippen molar-refractivity contribution in [1.29, 1.82) is 0 Å². The summed E-state index contributed by atoms with van der Waals surface area (Å²) in [5, 5.41) is 14.3. The van der Waals surface area contributed by atoms with Gasteiger partial charge in [-0.1, -0.05) is 23.7 Å². The number of phenols is 1. The maximum absolute atomic E-state index is 12.1. The van der Waals surface area contributed by atoms with E-state index in [1.54, 1.807) is 12.1 Å². The number of halogens is 1. The minimum atomic E-state index is -0.219. The van der Waals surface area contributed by atoms with Gasteiger partial charge in [-0.15, -0.1) is 0 Å². The lowest BCUT2D eigenvalue weighted by molar-refractivity contribution is -0.116. The maximum Gasteiger partial charge on any atom is 0.263 e. The van der Waals surface area contributed by atoms with Crippen molar-refractivity contribution in [2.75, 3.05) is 0 Å². The number of carbonyl (C=O) groups is 1. The van der Waals surface area contributed by atoms with Gasteiger partial charge in [0, 0.05) is 17.6 Å². The van der Waals surface area contributed by atoms with E-state index >= 15 is 0 Å². The minimum Gasteiger partial charge on any atom is -0.506 e. The number of amides is 1. The number of rotatable bonds is 4. The van der Waals surface area contributed by atoms with Crippen LogP contribution in [0.25, 0.3) is 28.1 Å². The highest BCUT2D eigenvalue weighted by molar-refractivity contribution is 6.44. The highest BCUT2D eigenvalue weighted by atomic mass is 35.5. The van der Waals surface area contributed by atoms with Gasteiger partial charge in [0.2, 0.25) is 0 Å². The molecule has 0 radical (unpaired) electrons. The molecule has 5 heteroatoms. The molecule has 1 saturated carbocycles. The SMILES string of the molecule is Cc1cc(-c2cc(O)c3[nH]ccc3c2)c(C)cc1/C=C(\Cl)C(=O)NC1CC1. The lowest BCUT2D eigenvalue weighted by Crippen LogP contribution is -2.25. The number of aromatic nitrogens is 1. The van der Waals surface area contributed by atoms with Gasteiger partial charge in [0.1, 0.15) is 10.8 Å². The molecular weight excluding hydrogens is 360 g/mol. The standard InChI is InChI=1S/C22H21ClN2O2/c1-12-8-18(16-9-14-5-6-24-21(14)20(26)11-16)13(2)7-15(12)10-19(23)22(27)25-17-3-4-17/h5-11,17,24,26H,3-4H2,1-2H3,(H,25,27)/b19-10-. The van der Waals surface area contributed by atoms with Crippen LogP contribution in [0, 0.1) is 13.8 Å². The second-order valence-electron chi connectivity index (χ2n) is 7.20. The summed E-state index contributed by atoms with van der Waals surface area (Å²) >= 11 is 6.20. The molecule has 27 heavy (non-hydrogen) atoms. The molecule has 138 valence electrons. The van der Waals surface area contributed by atoms with Crippen molar-refractivity contribution >= 4 is 34.5 Å². The van der Waals surface area contributed by atoms with Crippen LogP contribution in [0.2, 0.25) is 0 Å². The predicted molar refractivity (Wildman–Crippen MR) is 110 cm³/mol. The first-order chi connectivity index (χ1) is 12.9. The van der Waals surface area contributed by atoms with E-state index in [9.17, 15) is 9.90 Å². The van der Waals surface area contributed by atoms with E-state index < -0.39 is 0 Å². The first kappa shape index (κ1) is 17.7. The van der Waals surface area contributed by atoms with Gasteiger partial charge in [-0.3, -0.25) is 4.79 Å². The van der Waals surface area contributed by atoms with Crippen molar-refractivity contribution in [3.8, 4) is 16.9 Å². The topological polar surface area (TPSA) is 65.1 Å². The number of carbonyl (C=O) groups excluding carboxylic acids is 1. The van der Waals surface area contributed by atoms with Gasteiger partial charge in [-0.05, 0) is 78.8 Å².